The van der Waals surface area contributed by atoms with Gasteiger partial charge in [0.05, 0.1) is 29.3 Å². The molecule has 1 aromatic rings. The fourth-order valence-corrected chi connectivity index (χ4v) is 3.25. The Balaban J connectivity index is 1.38. The van der Waals surface area contributed by atoms with Crippen LogP contribution in [-0.2, 0) is 4.74 Å². The van der Waals surface area contributed by atoms with Gasteiger partial charge < -0.3 is 15.4 Å². The van der Waals surface area contributed by atoms with Crippen LogP contribution in [0.2, 0.25) is 0 Å². The number of hydrogen-bond acceptors (Lipinski definition) is 7. The lowest BCUT2D eigenvalue weighted by Gasteiger charge is -2.26. The average Bonchev–Trinajstić information content (AvgIpc) is 2.96. The van der Waals surface area contributed by atoms with Crippen LogP contribution in [-0.4, -0.2) is 85.1 Å². The number of nitro benzene ring substituents is 1. The van der Waals surface area contributed by atoms with Gasteiger partial charge in [-0.15, -0.1) is 0 Å². The normalized spacial score (nSPS) is 16.6. The second-order valence-electron chi connectivity index (χ2n) is 6.74. The quantitative estimate of drug-likeness (QED) is 0.273. The van der Waals surface area contributed by atoms with Gasteiger partial charge in [-0.1, -0.05) is 0 Å². The number of ether oxygens (including phenoxy) is 1. The third-order valence-corrected chi connectivity index (χ3v) is 4.83. The smallest absolute Gasteiger partial charge is 0.314 e. The SMILES string of the molecule is O=C(NCCCN1C(=O)c2ccc([N+](=O)[O-])cc2C1=O)NCCN1CCOCC1. The van der Waals surface area contributed by atoms with E-state index in [1.807, 2.05) is 0 Å². The first kappa shape index (κ1) is 20.7. The summed E-state index contributed by atoms with van der Waals surface area (Å²) < 4.78 is 5.26. The van der Waals surface area contributed by atoms with Crippen molar-refractivity contribution in [3.63, 3.8) is 0 Å². The maximum atomic E-state index is 12.4. The van der Waals surface area contributed by atoms with E-state index in [0.29, 0.717) is 26.2 Å². The maximum Gasteiger partial charge on any atom is 0.314 e. The van der Waals surface area contributed by atoms with Crippen LogP contribution in [0.15, 0.2) is 18.2 Å². The highest BCUT2D eigenvalue weighted by molar-refractivity contribution is 6.21. The van der Waals surface area contributed by atoms with E-state index in [-0.39, 0.29) is 35.9 Å². The number of nitrogens with one attached hydrogen (secondary N) is 2. The summed E-state index contributed by atoms with van der Waals surface area (Å²) in [4.78, 5) is 50.0. The highest BCUT2D eigenvalue weighted by Crippen LogP contribution is 2.26. The lowest BCUT2D eigenvalue weighted by Crippen LogP contribution is -2.44. The van der Waals surface area contributed by atoms with Gasteiger partial charge in [-0.2, -0.15) is 0 Å². The van der Waals surface area contributed by atoms with E-state index in [4.69, 9.17) is 4.74 Å². The predicted molar refractivity (Wildman–Crippen MR) is 102 cm³/mol. The molecule has 29 heavy (non-hydrogen) atoms. The van der Waals surface area contributed by atoms with Gasteiger partial charge in [-0.05, 0) is 12.5 Å². The van der Waals surface area contributed by atoms with Gasteiger partial charge in [-0.25, -0.2) is 4.79 Å². The molecule has 2 aliphatic heterocycles. The van der Waals surface area contributed by atoms with E-state index in [1.165, 1.54) is 12.1 Å². The molecule has 156 valence electrons. The Hall–Kier alpha value is -3.05. The zero-order chi connectivity index (χ0) is 20.8. The minimum atomic E-state index is -0.609. The molecular formula is C18H23N5O6. The molecule has 0 saturated carbocycles. The fraction of sp³-hybridized carbons (Fsp3) is 0.500. The van der Waals surface area contributed by atoms with E-state index in [0.717, 1.165) is 30.6 Å². The molecule has 0 bridgehead atoms. The van der Waals surface area contributed by atoms with Gasteiger partial charge in [0, 0.05) is 51.4 Å². The number of rotatable bonds is 8. The Morgan fingerprint density at radius 2 is 1.76 bits per heavy atom. The van der Waals surface area contributed by atoms with E-state index < -0.39 is 16.7 Å². The van der Waals surface area contributed by atoms with Gasteiger partial charge in [0.2, 0.25) is 0 Å². The number of benzene rings is 1. The van der Waals surface area contributed by atoms with Crippen molar-refractivity contribution in [2.45, 2.75) is 6.42 Å². The van der Waals surface area contributed by atoms with Crippen LogP contribution in [0.5, 0.6) is 0 Å². The first-order valence-electron chi connectivity index (χ1n) is 9.44. The minimum absolute atomic E-state index is 0.0398. The van der Waals surface area contributed by atoms with Gasteiger partial charge in [0.1, 0.15) is 0 Å². The number of fused-ring (bicyclic) bond motifs is 1. The van der Waals surface area contributed by atoms with Crippen LogP contribution in [0.25, 0.3) is 0 Å². The summed E-state index contributed by atoms with van der Waals surface area (Å²) in [6.45, 7) is 4.79. The van der Waals surface area contributed by atoms with Crippen molar-refractivity contribution < 1.29 is 24.0 Å². The first-order chi connectivity index (χ1) is 14.0. The number of urea groups is 1. The molecule has 4 amide bonds. The van der Waals surface area contributed by atoms with Crippen LogP contribution in [0.3, 0.4) is 0 Å². The Bertz CT molecular complexity index is 808. The molecule has 1 fully saturated rings. The average molecular weight is 405 g/mol. The highest BCUT2D eigenvalue weighted by atomic mass is 16.6. The number of imide groups is 1. The summed E-state index contributed by atoms with van der Waals surface area (Å²) >= 11 is 0. The second kappa shape index (κ2) is 9.43. The number of nitro groups is 1. The molecule has 2 heterocycles. The molecule has 1 saturated heterocycles. The molecule has 1 aromatic carbocycles. The van der Waals surface area contributed by atoms with Crippen LogP contribution in [0.1, 0.15) is 27.1 Å². The summed E-state index contributed by atoms with van der Waals surface area (Å²) in [5, 5.41) is 16.3. The summed E-state index contributed by atoms with van der Waals surface area (Å²) in [6, 6.07) is 3.32. The van der Waals surface area contributed by atoms with Gasteiger partial charge in [0.25, 0.3) is 17.5 Å². The monoisotopic (exact) mass is 405 g/mol. The number of hydrogen-bond donors (Lipinski definition) is 2. The Labute approximate surface area is 167 Å². The second-order valence-corrected chi connectivity index (χ2v) is 6.74. The number of morpholine rings is 1. The molecule has 0 atom stereocenters. The van der Waals surface area contributed by atoms with Crippen molar-refractivity contribution in [2.24, 2.45) is 0 Å². The van der Waals surface area contributed by atoms with Gasteiger partial charge in [-0.3, -0.25) is 29.5 Å². The molecular weight excluding hydrogens is 382 g/mol. The van der Waals surface area contributed by atoms with Gasteiger partial charge in [0.15, 0.2) is 0 Å². The molecule has 0 unspecified atom stereocenters. The Morgan fingerprint density at radius 3 is 2.48 bits per heavy atom. The molecule has 0 aliphatic carbocycles. The zero-order valence-corrected chi connectivity index (χ0v) is 15.9. The van der Waals surface area contributed by atoms with E-state index in [1.54, 1.807) is 0 Å². The van der Waals surface area contributed by atoms with Gasteiger partial charge >= 0.3 is 6.03 Å². The number of carbonyl (C=O) groups is 3. The number of amides is 4. The van der Waals surface area contributed by atoms with Crippen molar-refractivity contribution in [2.75, 3.05) is 52.5 Å². The number of carbonyl (C=O) groups excluding carboxylic acids is 3. The molecule has 2 aliphatic rings. The topological polar surface area (TPSA) is 134 Å². The molecule has 11 nitrogen and oxygen atoms in total. The molecule has 3 rings (SSSR count). The van der Waals surface area contributed by atoms with Crippen LogP contribution in [0.4, 0.5) is 10.5 Å². The van der Waals surface area contributed by atoms with Crippen LogP contribution >= 0.6 is 0 Å². The lowest BCUT2D eigenvalue weighted by molar-refractivity contribution is -0.384. The standard InChI is InChI=1S/C18H23N5O6/c24-16-14-3-2-13(23(27)28)12-15(14)17(25)22(16)6-1-4-19-18(26)20-5-7-21-8-10-29-11-9-21/h2-3,12H,1,4-11H2,(H2,19,20,26). The van der Waals surface area contributed by atoms with Crippen molar-refractivity contribution in [3.05, 3.63) is 39.4 Å². The lowest BCUT2D eigenvalue weighted by atomic mass is 10.1. The van der Waals surface area contributed by atoms with Crippen molar-refractivity contribution >= 4 is 23.5 Å². The minimum Gasteiger partial charge on any atom is -0.379 e. The summed E-state index contributed by atoms with van der Waals surface area (Å²) in [6.07, 6.45) is 0.379. The first-order valence-corrected chi connectivity index (χ1v) is 9.44. The molecule has 11 heteroatoms. The molecule has 2 N–H and O–H groups in total. The van der Waals surface area contributed by atoms with Crippen molar-refractivity contribution in [3.8, 4) is 0 Å². The fourth-order valence-electron chi connectivity index (χ4n) is 3.25. The molecule has 0 aromatic heterocycles. The third-order valence-electron chi connectivity index (χ3n) is 4.83. The highest BCUT2D eigenvalue weighted by Gasteiger charge is 2.36. The Kier molecular flexibility index (Phi) is 6.73. The van der Waals surface area contributed by atoms with Crippen LogP contribution in [0, 0.1) is 10.1 Å². The third kappa shape index (κ3) is 5.06. The Morgan fingerprint density at radius 1 is 1.07 bits per heavy atom. The van der Waals surface area contributed by atoms with Crippen molar-refractivity contribution in [1.82, 2.24) is 20.4 Å². The van der Waals surface area contributed by atoms with Crippen molar-refractivity contribution in [1.29, 1.82) is 0 Å². The zero-order valence-electron chi connectivity index (χ0n) is 15.9. The predicted octanol–water partition coefficient (Wildman–Crippen LogP) is 0.212. The number of nitrogens with zero attached hydrogens (tertiary/aromatic N) is 3. The van der Waals surface area contributed by atoms with Crippen LogP contribution < -0.4 is 10.6 Å². The molecule has 0 radical (unpaired) electrons. The summed E-state index contributed by atoms with van der Waals surface area (Å²) in [7, 11) is 0. The molecule has 0 spiro atoms. The largest absolute Gasteiger partial charge is 0.379 e. The summed E-state index contributed by atoms with van der Waals surface area (Å²) in [5.41, 5.74) is -0.0328. The van der Waals surface area contributed by atoms with E-state index >= 15 is 0 Å². The van der Waals surface area contributed by atoms with E-state index in [9.17, 15) is 24.5 Å². The summed E-state index contributed by atoms with van der Waals surface area (Å²) in [5.74, 6) is -1.03. The maximum absolute atomic E-state index is 12.4. The van der Waals surface area contributed by atoms with E-state index in [2.05, 4.69) is 15.5 Å². The number of non-ortho nitro benzene ring substituents is 1.